The van der Waals surface area contributed by atoms with Crippen LogP contribution in [0.25, 0.3) is 0 Å². The molecule has 1 aliphatic heterocycles. The average molecular weight is 237 g/mol. The van der Waals surface area contributed by atoms with E-state index >= 15 is 0 Å². The zero-order valence-corrected chi connectivity index (χ0v) is 11.1. The molecule has 96 valence electrons. The fourth-order valence-electron chi connectivity index (χ4n) is 2.39. The first kappa shape index (κ1) is 14.0. The van der Waals surface area contributed by atoms with Crippen LogP contribution in [0.4, 0.5) is 0 Å². The third-order valence-electron chi connectivity index (χ3n) is 3.49. The molecule has 0 spiro atoms. The zero-order chi connectivity index (χ0) is 12.8. The lowest BCUT2D eigenvalue weighted by atomic mass is 9.93. The molecular weight excluding hydrogens is 214 g/mol. The molecule has 17 heavy (non-hydrogen) atoms. The van der Waals surface area contributed by atoms with E-state index < -0.39 is 5.92 Å². The van der Waals surface area contributed by atoms with E-state index in [1.54, 1.807) is 0 Å². The summed E-state index contributed by atoms with van der Waals surface area (Å²) in [5.74, 6) is -0.110. The third-order valence-corrected chi connectivity index (χ3v) is 3.49. The fourth-order valence-corrected chi connectivity index (χ4v) is 2.39. The molecule has 3 atom stereocenters. The molecule has 1 saturated heterocycles. The summed E-state index contributed by atoms with van der Waals surface area (Å²) < 4.78 is 0. The lowest BCUT2D eigenvalue weighted by molar-refractivity contribution is -0.125. The molecule has 0 bridgehead atoms. The Morgan fingerprint density at radius 1 is 1.65 bits per heavy atom. The Bertz CT molecular complexity index is 298. The second-order valence-corrected chi connectivity index (χ2v) is 5.11. The van der Waals surface area contributed by atoms with Crippen molar-refractivity contribution in [1.29, 1.82) is 5.26 Å². The van der Waals surface area contributed by atoms with Gasteiger partial charge >= 0.3 is 0 Å². The molecular formula is C13H23N3O. The van der Waals surface area contributed by atoms with Crippen molar-refractivity contribution in [3.05, 3.63) is 0 Å². The molecule has 1 heterocycles. The van der Waals surface area contributed by atoms with Crippen molar-refractivity contribution in [3.63, 3.8) is 0 Å². The Kier molecular flexibility index (Phi) is 5.43. The van der Waals surface area contributed by atoms with Crippen LogP contribution in [0.5, 0.6) is 0 Å². The van der Waals surface area contributed by atoms with E-state index in [4.69, 9.17) is 5.26 Å². The summed E-state index contributed by atoms with van der Waals surface area (Å²) in [6, 6.07) is 2.32. The Hall–Kier alpha value is -1.08. The highest BCUT2D eigenvalue weighted by atomic mass is 16.1. The van der Waals surface area contributed by atoms with Crippen LogP contribution in [-0.2, 0) is 4.79 Å². The van der Waals surface area contributed by atoms with Crippen LogP contribution in [-0.4, -0.2) is 37.0 Å². The Morgan fingerprint density at radius 3 is 2.88 bits per heavy atom. The third kappa shape index (κ3) is 4.01. The van der Waals surface area contributed by atoms with Gasteiger partial charge in [0.25, 0.3) is 0 Å². The lowest BCUT2D eigenvalue weighted by Gasteiger charge is -2.35. The predicted octanol–water partition coefficient (Wildman–Crippen LogP) is 1.38. The Labute approximate surface area is 104 Å². The monoisotopic (exact) mass is 237 g/mol. The van der Waals surface area contributed by atoms with E-state index in [1.807, 2.05) is 6.92 Å². The molecule has 1 rings (SSSR count). The highest BCUT2D eigenvalue weighted by molar-refractivity contribution is 5.81. The second kappa shape index (κ2) is 6.61. The van der Waals surface area contributed by atoms with Gasteiger partial charge in [-0.2, -0.15) is 5.26 Å². The number of nitrogens with zero attached hydrogens (tertiary/aromatic N) is 2. The molecule has 0 radical (unpaired) electrons. The van der Waals surface area contributed by atoms with Gasteiger partial charge in [-0.3, -0.25) is 4.79 Å². The number of hydrogen-bond donors (Lipinski definition) is 1. The predicted molar refractivity (Wildman–Crippen MR) is 67.2 cm³/mol. The highest BCUT2D eigenvalue weighted by Gasteiger charge is 2.27. The summed E-state index contributed by atoms with van der Waals surface area (Å²) in [4.78, 5) is 14.2. The van der Waals surface area contributed by atoms with Crippen molar-refractivity contribution in [1.82, 2.24) is 10.2 Å². The molecule has 4 nitrogen and oxygen atoms in total. The fraction of sp³-hybridized carbons (Fsp3) is 0.846. The summed E-state index contributed by atoms with van der Waals surface area (Å²) in [5, 5.41) is 12.0. The molecule has 1 fully saturated rings. The molecule has 1 aliphatic rings. The van der Waals surface area contributed by atoms with Crippen LogP contribution in [0.3, 0.4) is 0 Å². The maximum atomic E-state index is 11.9. The molecule has 0 aromatic carbocycles. The van der Waals surface area contributed by atoms with E-state index in [2.05, 4.69) is 30.3 Å². The van der Waals surface area contributed by atoms with Gasteiger partial charge in [0.2, 0.25) is 5.91 Å². The second-order valence-electron chi connectivity index (χ2n) is 5.11. The number of carbonyl (C=O) groups excluding carboxylic acids is 1. The topological polar surface area (TPSA) is 56.1 Å². The van der Waals surface area contributed by atoms with Gasteiger partial charge in [-0.15, -0.1) is 0 Å². The number of carbonyl (C=O) groups is 1. The molecule has 1 amide bonds. The van der Waals surface area contributed by atoms with E-state index in [-0.39, 0.29) is 11.9 Å². The van der Waals surface area contributed by atoms with E-state index in [0.29, 0.717) is 12.3 Å². The summed E-state index contributed by atoms with van der Waals surface area (Å²) in [6.07, 6.45) is 2.51. The average Bonchev–Trinajstić information content (AvgIpc) is 2.29. The van der Waals surface area contributed by atoms with Gasteiger partial charge in [0, 0.05) is 12.6 Å². The number of nitriles is 1. The summed E-state index contributed by atoms with van der Waals surface area (Å²) >= 11 is 0. The largest absolute Gasteiger partial charge is 0.352 e. The minimum absolute atomic E-state index is 0.0873. The van der Waals surface area contributed by atoms with Gasteiger partial charge in [0.15, 0.2) is 0 Å². The molecule has 0 aromatic rings. The number of amides is 1. The van der Waals surface area contributed by atoms with Crippen LogP contribution < -0.4 is 5.32 Å². The minimum Gasteiger partial charge on any atom is -0.352 e. The van der Waals surface area contributed by atoms with Crippen molar-refractivity contribution >= 4 is 5.91 Å². The Morgan fingerprint density at radius 2 is 2.35 bits per heavy atom. The van der Waals surface area contributed by atoms with Crippen LogP contribution in [0.15, 0.2) is 0 Å². The highest BCUT2D eigenvalue weighted by Crippen LogP contribution is 2.16. The SMILES string of the molecule is CCCC(C#N)C(=O)NC1CCN(C)CC1C. The summed E-state index contributed by atoms with van der Waals surface area (Å²) in [5.41, 5.74) is 0. The quantitative estimate of drug-likeness (QED) is 0.803. The van der Waals surface area contributed by atoms with Gasteiger partial charge in [-0.05, 0) is 32.4 Å². The lowest BCUT2D eigenvalue weighted by Crippen LogP contribution is -2.50. The maximum Gasteiger partial charge on any atom is 0.237 e. The van der Waals surface area contributed by atoms with Crippen LogP contribution >= 0.6 is 0 Å². The van der Waals surface area contributed by atoms with Gasteiger partial charge in [-0.1, -0.05) is 20.3 Å². The first-order chi connectivity index (χ1) is 8.08. The van der Waals surface area contributed by atoms with E-state index in [1.165, 1.54) is 0 Å². The van der Waals surface area contributed by atoms with Crippen molar-refractivity contribution in [2.75, 3.05) is 20.1 Å². The maximum absolute atomic E-state index is 11.9. The van der Waals surface area contributed by atoms with E-state index in [9.17, 15) is 4.79 Å². The number of nitrogens with one attached hydrogen (secondary N) is 1. The molecule has 1 N–H and O–H groups in total. The van der Waals surface area contributed by atoms with Gasteiger partial charge in [0.05, 0.1) is 6.07 Å². The number of hydrogen-bond acceptors (Lipinski definition) is 3. The summed E-state index contributed by atoms with van der Waals surface area (Å²) in [7, 11) is 2.10. The molecule has 0 aromatic heterocycles. The molecule has 0 aliphatic carbocycles. The van der Waals surface area contributed by atoms with Crippen molar-refractivity contribution < 1.29 is 4.79 Å². The standard InChI is InChI=1S/C13H23N3O/c1-4-5-11(8-14)13(17)15-12-6-7-16(3)9-10(12)2/h10-12H,4-7,9H2,1-3H3,(H,15,17). The van der Waals surface area contributed by atoms with Gasteiger partial charge in [0.1, 0.15) is 5.92 Å². The minimum atomic E-state index is -0.480. The number of rotatable bonds is 4. The van der Waals surface area contributed by atoms with Crippen LogP contribution in [0, 0.1) is 23.2 Å². The first-order valence-corrected chi connectivity index (χ1v) is 6.47. The van der Waals surface area contributed by atoms with Gasteiger partial charge < -0.3 is 10.2 Å². The van der Waals surface area contributed by atoms with Crippen molar-refractivity contribution in [3.8, 4) is 6.07 Å². The summed E-state index contributed by atoms with van der Waals surface area (Å²) in [6.45, 7) is 6.17. The number of likely N-dealkylation sites (tertiary alicyclic amines) is 1. The van der Waals surface area contributed by atoms with Crippen molar-refractivity contribution in [2.45, 2.75) is 39.2 Å². The molecule has 0 saturated carbocycles. The first-order valence-electron chi connectivity index (χ1n) is 6.47. The smallest absolute Gasteiger partial charge is 0.237 e. The normalized spacial score (nSPS) is 27.2. The van der Waals surface area contributed by atoms with Crippen LogP contribution in [0.2, 0.25) is 0 Å². The number of piperidine rings is 1. The Balaban J connectivity index is 2.48. The van der Waals surface area contributed by atoms with Crippen molar-refractivity contribution in [2.24, 2.45) is 11.8 Å². The molecule has 3 unspecified atom stereocenters. The van der Waals surface area contributed by atoms with Crippen LogP contribution in [0.1, 0.15) is 33.1 Å². The van der Waals surface area contributed by atoms with E-state index in [0.717, 1.165) is 25.9 Å². The zero-order valence-electron chi connectivity index (χ0n) is 11.1. The molecule has 4 heteroatoms. The van der Waals surface area contributed by atoms with Gasteiger partial charge in [-0.25, -0.2) is 0 Å².